The molecule has 0 heterocycles. The van der Waals surface area contributed by atoms with Crippen molar-refractivity contribution in [2.45, 2.75) is 6.42 Å². The summed E-state index contributed by atoms with van der Waals surface area (Å²) in [5.41, 5.74) is 0.996. The summed E-state index contributed by atoms with van der Waals surface area (Å²) in [6, 6.07) is 19.6. The lowest BCUT2D eigenvalue weighted by Crippen LogP contribution is -2.33. The van der Waals surface area contributed by atoms with Gasteiger partial charge in [0.25, 0.3) is 0 Å². The topological polar surface area (TPSA) is 79.6 Å². The zero-order valence-electron chi connectivity index (χ0n) is 15.0. The smallest absolute Gasteiger partial charge is 0.338 e. The van der Waals surface area contributed by atoms with E-state index in [4.69, 9.17) is 14.7 Å². The van der Waals surface area contributed by atoms with E-state index in [0.29, 0.717) is 37.2 Å². The third kappa shape index (κ3) is 7.30. The maximum atomic E-state index is 11.9. The Hall–Kier alpha value is -3.17. The molecule has 0 unspecified atom stereocenters. The molecule has 0 bridgehead atoms. The predicted molar refractivity (Wildman–Crippen MR) is 100 cm³/mol. The Kier molecular flexibility index (Phi) is 8.54. The van der Waals surface area contributed by atoms with E-state index in [1.165, 1.54) is 0 Å². The highest BCUT2D eigenvalue weighted by Gasteiger charge is 2.11. The van der Waals surface area contributed by atoms with Crippen molar-refractivity contribution in [1.29, 1.82) is 5.26 Å². The first-order chi connectivity index (χ1) is 13.2. The first kappa shape index (κ1) is 20.1. The molecule has 0 N–H and O–H groups in total. The molecule has 0 aliphatic rings. The average Bonchev–Trinajstić information content (AvgIpc) is 2.72. The van der Waals surface area contributed by atoms with Gasteiger partial charge >= 0.3 is 11.9 Å². The molecule has 0 saturated carbocycles. The van der Waals surface area contributed by atoms with Gasteiger partial charge in [-0.25, -0.2) is 9.59 Å². The molecule has 27 heavy (non-hydrogen) atoms. The molecule has 140 valence electrons. The summed E-state index contributed by atoms with van der Waals surface area (Å²) in [5.74, 6) is -0.766. The molecule has 2 aromatic carbocycles. The molecule has 0 atom stereocenters. The van der Waals surface area contributed by atoms with Crippen LogP contribution in [0, 0.1) is 11.3 Å². The minimum absolute atomic E-state index is 0.200. The van der Waals surface area contributed by atoms with Crippen LogP contribution >= 0.6 is 0 Å². The largest absolute Gasteiger partial charge is 0.461 e. The second-order valence-corrected chi connectivity index (χ2v) is 5.75. The van der Waals surface area contributed by atoms with Crippen molar-refractivity contribution in [3.05, 3.63) is 71.8 Å². The van der Waals surface area contributed by atoms with Gasteiger partial charge in [0.15, 0.2) is 0 Å². The van der Waals surface area contributed by atoms with Crippen molar-refractivity contribution in [2.75, 3.05) is 32.8 Å². The van der Waals surface area contributed by atoms with Crippen LogP contribution in [-0.4, -0.2) is 49.7 Å². The number of carbonyl (C=O) groups excluding carboxylic acids is 2. The predicted octanol–water partition coefficient (Wildman–Crippen LogP) is 2.92. The fourth-order valence-electron chi connectivity index (χ4n) is 2.39. The summed E-state index contributed by atoms with van der Waals surface area (Å²) in [6.45, 7) is 1.84. The van der Waals surface area contributed by atoms with Gasteiger partial charge in [0.1, 0.15) is 13.2 Å². The van der Waals surface area contributed by atoms with E-state index in [1.807, 2.05) is 17.0 Å². The van der Waals surface area contributed by atoms with Gasteiger partial charge in [-0.15, -0.1) is 0 Å². The van der Waals surface area contributed by atoms with Gasteiger partial charge < -0.3 is 9.47 Å². The number of benzene rings is 2. The van der Waals surface area contributed by atoms with Crippen molar-refractivity contribution in [2.24, 2.45) is 0 Å². The van der Waals surface area contributed by atoms with Crippen molar-refractivity contribution >= 4 is 11.9 Å². The molecular weight excluding hydrogens is 344 g/mol. The van der Waals surface area contributed by atoms with Crippen LogP contribution in [0.25, 0.3) is 0 Å². The van der Waals surface area contributed by atoms with Gasteiger partial charge in [0.2, 0.25) is 0 Å². The van der Waals surface area contributed by atoms with Crippen molar-refractivity contribution in [3.63, 3.8) is 0 Å². The third-order valence-corrected chi connectivity index (χ3v) is 3.84. The number of nitrogens with zero attached hydrogens (tertiary/aromatic N) is 2. The van der Waals surface area contributed by atoms with E-state index < -0.39 is 0 Å². The molecule has 0 saturated heterocycles. The van der Waals surface area contributed by atoms with E-state index in [2.05, 4.69) is 6.07 Å². The average molecular weight is 366 g/mol. The van der Waals surface area contributed by atoms with E-state index >= 15 is 0 Å². The van der Waals surface area contributed by atoms with Crippen LogP contribution in [0.1, 0.15) is 27.1 Å². The number of esters is 2. The van der Waals surface area contributed by atoms with Crippen LogP contribution in [0.4, 0.5) is 0 Å². The number of rotatable bonds is 10. The quantitative estimate of drug-likeness (QED) is 0.602. The highest BCUT2D eigenvalue weighted by atomic mass is 16.5. The van der Waals surface area contributed by atoms with E-state index in [1.54, 1.807) is 48.5 Å². The normalized spacial score (nSPS) is 10.2. The van der Waals surface area contributed by atoms with Crippen molar-refractivity contribution in [3.8, 4) is 6.07 Å². The Bertz CT molecular complexity index is 699. The standard InChI is InChI=1S/C21H22N2O4/c22-12-7-13-23(14-16-26-20(24)18-8-3-1-4-9-18)15-17-27-21(25)19-10-5-2-6-11-19/h1-6,8-11H,7,13-17H2. The lowest BCUT2D eigenvalue weighted by atomic mass is 10.2. The molecule has 0 aliphatic carbocycles. The lowest BCUT2D eigenvalue weighted by Gasteiger charge is -2.20. The van der Waals surface area contributed by atoms with Crippen LogP contribution in [-0.2, 0) is 9.47 Å². The molecule has 2 rings (SSSR count). The van der Waals surface area contributed by atoms with Gasteiger partial charge in [0.05, 0.1) is 17.2 Å². The maximum Gasteiger partial charge on any atom is 0.338 e. The first-order valence-electron chi connectivity index (χ1n) is 8.74. The second-order valence-electron chi connectivity index (χ2n) is 5.75. The van der Waals surface area contributed by atoms with E-state index in [0.717, 1.165) is 0 Å². The highest BCUT2D eigenvalue weighted by molar-refractivity contribution is 5.89. The fraction of sp³-hybridized carbons (Fsp3) is 0.286. The molecule has 0 amide bonds. The fourth-order valence-corrected chi connectivity index (χ4v) is 2.39. The molecule has 6 nitrogen and oxygen atoms in total. The molecular formula is C21H22N2O4. The number of carbonyl (C=O) groups is 2. The van der Waals surface area contributed by atoms with Crippen molar-refractivity contribution in [1.82, 2.24) is 4.90 Å². The SMILES string of the molecule is N#CCCN(CCOC(=O)c1ccccc1)CCOC(=O)c1ccccc1. The molecule has 2 aromatic rings. The van der Waals surface area contributed by atoms with Gasteiger partial charge in [-0.05, 0) is 24.3 Å². The second kappa shape index (κ2) is 11.4. The van der Waals surface area contributed by atoms with Gasteiger partial charge in [-0.2, -0.15) is 5.26 Å². The summed E-state index contributed by atoms with van der Waals surface area (Å²) in [7, 11) is 0. The van der Waals surface area contributed by atoms with Crippen LogP contribution in [0.3, 0.4) is 0 Å². The minimum atomic E-state index is -0.383. The summed E-state index contributed by atoms with van der Waals surface area (Å²) < 4.78 is 10.5. The molecule has 0 fully saturated rings. The number of hydrogen-bond acceptors (Lipinski definition) is 6. The lowest BCUT2D eigenvalue weighted by molar-refractivity contribution is 0.0398. The Morgan fingerprint density at radius 1 is 0.778 bits per heavy atom. The summed E-state index contributed by atoms with van der Waals surface area (Å²) in [6.07, 6.45) is 0.346. The van der Waals surface area contributed by atoms with Crippen LogP contribution in [0.5, 0.6) is 0 Å². The molecule has 0 aliphatic heterocycles. The Morgan fingerprint density at radius 2 is 1.22 bits per heavy atom. The van der Waals surface area contributed by atoms with Crippen LogP contribution in [0.2, 0.25) is 0 Å². The molecule has 6 heteroatoms. The molecule has 0 spiro atoms. The summed E-state index contributed by atoms with van der Waals surface area (Å²) >= 11 is 0. The molecule has 0 radical (unpaired) electrons. The van der Waals surface area contributed by atoms with Gasteiger partial charge in [0, 0.05) is 26.1 Å². The third-order valence-electron chi connectivity index (χ3n) is 3.84. The van der Waals surface area contributed by atoms with E-state index in [9.17, 15) is 9.59 Å². The van der Waals surface area contributed by atoms with Gasteiger partial charge in [-0.1, -0.05) is 36.4 Å². The number of hydrogen-bond donors (Lipinski definition) is 0. The minimum Gasteiger partial charge on any atom is -0.461 e. The van der Waals surface area contributed by atoms with Crippen LogP contribution < -0.4 is 0 Å². The summed E-state index contributed by atoms with van der Waals surface area (Å²) in [5, 5.41) is 8.79. The monoisotopic (exact) mass is 366 g/mol. The molecule has 0 aromatic heterocycles. The van der Waals surface area contributed by atoms with E-state index in [-0.39, 0.29) is 25.2 Å². The number of ether oxygens (including phenoxy) is 2. The highest BCUT2D eigenvalue weighted by Crippen LogP contribution is 2.03. The summed E-state index contributed by atoms with van der Waals surface area (Å²) in [4.78, 5) is 25.8. The zero-order valence-corrected chi connectivity index (χ0v) is 15.0. The Morgan fingerprint density at radius 3 is 1.63 bits per heavy atom. The number of nitriles is 1. The maximum absolute atomic E-state index is 11.9. The van der Waals surface area contributed by atoms with Gasteiger partial charge in [-0.3, -0.25) is 4.90 Å². The Labute approximate surface area is 158 Å². The zero-order chi connectivity index (χ0) is 19.3. The van der Waals surface area contributed by atoms with Crippen molar-refractivity contribution < 1.29 is 19.1 Å². The first-order valence-corrected chi connectivity index (χ1v) is 8.74. The van der Waals surface area contributed by atoms with Crippen LogP contribution in [0.15, 0.2) is 60.7 Å². The Balaban J connectivity index is 1.74.